The second-order valence-electron chi connectivity index (χ2n) is 8.74. The summed E-state index contributed by atoms with van der Waals surface area (Å²) in [6.07, 6.45) is -0.0781. The van der Waals surface area contributed by atoms with Gasteiger partial charge in [-0.25, -0.2) is 14.2 Å². The number of anilines is 1. The minimum absolute atomic E-state index is 0.0395. The number of aromatic nitrogens is 3. The van der Waals surface area contributed by atoms with Crippen LogP contribution in [0.1, 0.15) is 34.2 Å². The van der Waals surface area contributed by atoms with Crippen LogP contribution in [-0.2, 0) is 19.5 Å². The number of nitriles is 1. The molecule has 36 heavy (non-hydrogen) atoms. The molecule has 2 aromatic heterocycles. The Labute approximate surface area is 207 Å². The van der Waals surface area contributed by atoms with Gasteiger partial charge in [-0.05, 0) is 37.6 Å². The number of halogens is 1. The van der Waals surface area contributed by atoms with Gasteiger partial charge in [0.05, 0.1) is 29.1 Å². The summed E-state index contributed by atoms with van der Waals surface area (Å²) in [5.41, 5.74) is 1.14. The number of hydrogen-bond donors (Lipinski definition) is 2. The fourth-order valence-electron chi connectivity index (χ4n) is 4.64. The first-order valence-electron chi connectivity index (χ1n) is 11.8. The molecule has 0 atom stereocenters. The third kappa shape index (κ3) is 4.59. The number of rotatable bonds is 6. The highest BCUT2D eigenvalue weighted by Gasteiger charge is 2.24. The SMILES string of the molecule is CCn1c(=O)[nH]c2c(F)c(CN3CCN(c4ccc(C)nc4C(=O)NC)CC3)cc(CC#N)c2c1=O. The monoisotopic (exact) mass is 493 g/mol. The van der Waals surface area contributed by atoms with E-state index >= 15 is 4.39 Å². The van der Waals surface area contributed by atoms with Gasteiger partial charge in [-0.2, -0.15) is 5.26 Å². The Balaban J connectivity index is 1.61. The predicted molar refractivity (Wildman–Crippen MR) is 134 cm³/mol. The fourth-order valence-corrected chi connectivity index (χ4v) is 4.64. The van der Waals surface area contributed by atoms with Gasteiger partial charge in [0.25, 0.3) is 11.5 Å². The third-order valence-electron chi connectivity index (χ3n) is 6.51. The Morgan fingerprint density at radius 3 is 2.58 bits per heavy atom. The van der Waals surface area contributed by atoms with Crippen molar-refractivity contribution in [3.8, 4) is 6.07 Å². The van der Waals surface area contributed by atoms with Crippen LogP contribution in [0.5, 0.6) is 0 Å². The number of hydrogen-bond acceptors (Lipinski definition) is 7. The molecule has 1 aliphatic rings. The maximum atomic E-state index is 15.5. The molecule has 0 aliphatic carbocycles. The minimum atomic E-state index is -0.679. The lowest BCUT2D eigenvalue weighted by Gasteiger charge is -2.36. The summed E-state index contributed by atoms with van der Waals surface area (Å²) in [6, 6.07) is 7.34. The number of carbonyl (C=O) groups excluding carboxylic acids is 1. The number of aryl methyl sites for hydroxylation is 1. The number of fused-ring (bicyclic) bond motifs is 1. The molecule has 188 valence electrons. The molecule has 0 radical (unpaired) electrons. The minimum Gasteiger partial charge on any atom is -0.367 e. The van der Waals surface area contributed by atoms with E-state index in [0.29, 0.717) is 43.0 Å². The maximum absolute atomic E-state index is 15.5. The molecule has 2 N–H and O–H groups in total. The van der Waals surface area contributed by atoms with Crippen LogP contribution in [0.15, 0.2) is 27.8 Å². The lowest BCUT2D eigenvalue weighted by atomic mass is 10.0. The predicted octanol–water partition coefficient (Wildman–Crippen LogP) is 1.30. The van der Waals surface area contributed by atoms with Gasteiger partial charge in [0, 0.05) is 57.6 Å². The second-order valence-corrected chi connectivity index (χ2v) is 8.74. The molecule has 1 fully saturated rings. The number of piperazine rings is 1. The number of aromatic amines is 1. The smallest absolute Gasteiger partial charge is 0.328 e. The first-order valence-corrected chi connectivity index (χ1v) is 11.8. The highest BCUT2D eigenvalue weighted by atomic mass is 19.1. The summed E-state index contributed by atoms with van der Waals surface area (Å²) in [7, 11) is 1.57. The molecular weight excluding hydrogens is 465 g/mol. The quantitative estimate of drug-likeness (QED) is 0.530. The second kappa shape index (κ2) is 10.3. The van der Waals surface area contributed by atoms with Gasteiger partial charge in [0.1, 0.15) is 0 Å². The standard InChI is InChI=1S/C25H28FN7O3/c1-4-33-24(35)19-16(7-8-27)13-17(20(26)22(19)30-25(33)36)14-31-9-11-32(12-10-31)18-6-5-15(2)29-21(18)23(34)28-3/h5-6,13H,4,7,9-12,14H2,1-3H3,(H,28,34)(H,30,36). The summed E-state index contributed by atoms with van der Waals surface area (Å²) in [4.78, 5) is 48.5. The van der Waals surface area contributed by atoms with Gasteiger partial charge in [0.15, 0.2) is 11.5 Å². The molecule has 0 bridgehead atoms. The number of carbonyl (C=O) groups is 1. The molecule has 1 saturated heterocycles. The van der Waals surface area contributed by atoms with E-state index in [1.54, 1.807) is 20.0 Å². The van der Waals surface area contributed by atoms with Crippen LogP contribution in [0.4, 0.5) is 10.1 Å². The molecule has 3 heterocycles. The van der Waals surface area contributed by atoms with Crippen molar-refractivity contribution in [2.75, 3.05) is 38.1 Å². The third-order valence-corrected chi connectivity index (χ3v) is 6.51. The molecule has 11 heteroatoms. The van der Waals surface area contributed by atoms with E-state index in [1.165, 1.54) is 0 Å². The first-order chi connectivity index (χ1) is 17.3. The van der Waals surface area contributed by atoms with Crippen LogP contribution in [0.25, 0.3) is 10.9 Å². The van der Waals surface area contributed by atoms with Crippen molar-refractivity contribution in [3.63, 3.8) is 0 Å². The van der Waals surface area contributed by atoms with Crippen molar-refractivity contribution in [3.05, 3.63) is 67.4 Å². The number of pyridine rings is 1. The van der Waals surface area contributed by atoms with Gasteiger partial charge in [-0.15, -0.1) is 0 Å². The van der Waals surface area contributed by atoms with Crippen LogP contribution in [0.2, 0.25) is 0 Å². The molecule has 0 unspecified atom stereocenters. The zero-order valence-corrected chi connectivity index (χ0v) is 20.5. The molecule has 1 aliphatic heterocycles. The number of amides is 1. The molecule has 1 aromatic carbocycles. The zero-order valence-electron chi connectivity index (χ0n) is 20.5. The van der Waals surface area contributed by atoms with Crippen molar-refractivity contribution in [1.82, 2.24) is 24.8 Å². The summed E-state index contributed by atoms with van der Waals surface area (Å²) in [5, 5.41) is 12.0. The van der Waals surface area contributed by atoms with E-state index in [9.17, 15) is 19.6 Å². The van der Waals surface area contributed by atoms with E-state index in [0.717, 1.165) is 15.9 Å². The van der Waals surface area contributed by atoms with Gasteiger partial charge in [-0.3, -0.25) is 19.1 Å². The topological polar surface area (TPSA) is 127 Å². The first kappa shape index (κ1) is 25.1. The molecule has 4 rings (SSSR count). The van der Waals surface area contributed by atoms with Crippen molar-refractivity contribution >= 4 is 22.5 Å². The Morgan fingerprint density at radius 2 is 1.94 bits per heavy atom. The summed E-state index contributed by atoms with van der Waals surface area (Å²) < 4.78 is 16.5. The van der Waals surface area contributed by atoms with Gasteiger partial charge < -0.3 is 15.2 Å². The van der Waals surface area contributed by atoms with Crippen molar-refractivity contribution < 1.29 is 9.18 Å². The molecule has 0 saturated carbocycles. The van der Waals surface area contributed by atoms with E-state index in [1.807, 2.05) is 25.1 Å². The van der Waals surface area contributed by atoms with Crippen LogP contribution < -0.4 is 21.5 Å². The highest BCUT2D eigenvalue weighted by Crippen LogP contribution is 2.25. The van der Waals surface area contributed by atoms with Crippen LogP contribution in [0.3, 0.4) is 0 Å². The molecular formula is C25H28FN7O3. The van der Waals surface area contributed by atoms with Crippen LogP contribution in [0, 0.1) is 24.1 Å². The van der Waals surface area contributed by atoms with E-state index in [2.05, 4.69) is 25.1 Å². The number of H-pyrrole nitrogens is 1. The van der Waals surface area contributed by atoms with Crippen molar-refractivity contribution in [1.29, 1.82) is 5.26 Å². The average molecular weight is 494 g/mol. The lowest BCUT2D eigenvalue weighted by Crippen LogP contribution is -2.46. The van der Waals surface area contributed by atoms with Gasteiger partial charge in [-0.1, -0.05) is 0 Å². The number of benzene rings is 1. The van der Waals surface area contributed by atoms with Crippen LogP contribution >= 0.6 is 0 Å². The summed E-state index contributed by atoms with van der Waals surface area (Å²) in [5.74, 6) is -0.910. The molecule has 10 nitrogen and oxygen atoms in total. The fraction of sp³-hybridized carbons (Fsp3) is 0.400. The Bertz CT molecular complexity index is 1480. The van der Waals surface area contributed by atoms with Crippen LogP contribution in [-0.4, -0.2) is 58.6 Å². The van der Waals surface area contributed by atoms with E-state index < -0.39 is 17.1 Å². The van der Waals surface area contributed by atoms with Crippen molar-refractivity contribution in [2.24, 2.45) is 0 Å². The zero-order chi connectivity index (χ0) is 26.0. The average Bonchev–Trinajstić information content (AvgIpc) is 2.87. The number of nitrogens with zero attached hydrogens (tertiary/aromatic N) is 5. The molecule has 1 amide bonds. The Morgan fingerprint density at radius 1 is 1.22 bits per heavy atom. The normalized spacial score (nSPS) is 14.1. The summed E-state index contributed by atoms with van der Waals surface area (Å²) >= 11 is 0. The Kier molecular flexibility index (Phi) is 7.17. The van der Waals surface area contributed by atoms with E-state index in [-0.39, 0.29) is 36.3 Å². The number of nitrogens with one attached hydrogen (secondary N) is 2. The van der Waals surface area contributed by atoms with Gasteiger partial charge >= 0.3 is 5.69 Å². The van der Waals surface area contributed by atoms with Gasteiger partial charge in [0.2, 0.25) is 0 Å². The molecule has 0 spiro atoms. The highest BCUT2D eigenvalue weighted by molar-refractivity contribution is 5.97. The molecule has 3 aromatic rings. The Hall–Kier alpha value is -4.04. The largest absolute Gasteiger partial charge is 0.367 e. The van der Waals surface area contributed by atoms with Crippen molar-refractivity contribution in [2.45, 2.75) is 33.4 Å². The van der Waals surface area contributed by atoms with E-state index in [4.69, 9.17) is 0 Å². The maximum Gasteiger partial charge on any atom is 0.328 e. The lowest BCUT2D eigenvalue weighted by molar-refractivity contribution is 0.0958. The summed E-state index contributed by atoms with van der Waals surface area (Å²) in [6.45, 7) is 6.28.